The Morgan fingerprint density at radius 1 is 1.09 bits per heavy atom. The molecule has 1 aliphatic heterocycles. The first-order chi connectivity index (χ1) is 16.4. The van der Waals surface area contributed by atoms with E-state index in [4.69, 9.17) is 4.42 Å². The fraction of sp³-hybridized carbons (Fsp3) is 0.407. The van der Waals surface area contributed by atoms with Crippen LogP contribution in [0.15, 0.2) is 59.2 Å². The van der Waals surface area contributed by atoms with E-state index in [9.17, 15) is 14.0 Å². The second-order valence-electron chi connectivity index (χ2n) is 9.85. The molecule has 1 fully saturated rings. The highest BCUT2D eigenvalue weighted by Crippen LogP contribution is 2.35. The lowest BCUT2D eigenvalue weighted by atomic mass is 9.86. The van der Waals surface area contributed by atoms with Crippen molar-refractivity contribution in [3.63, 3.8) is 0 Å². The number of nitrogens with one attached hydrogen (secondary N) is 1. The van der Waals surface area contributed by atoms with Gasteiger partial charge in [0, 0.05) is 11.6 Å². The van der Waals surface area contributed by atoms with Gasteiger partial charge in [0.2, 0.25) is 5.91 Å². The highest BCUT2D eigenvalue weighted by molar-refractivity contribution is 6.00. The second kappa shape index (κ2) is 8.78. The number of hydrogen-bond acceptors (Lipinski definition) is 3. The zero-order valence-corrected chi connectivity index (χ0v) is 19.6. The number of furan rings is 1. The number of carbonyl (C=O) groups is 2. The molecule has 34 heavy (non-hydrogen) atoms. The molecule has 0 radical (unpaired) electrons. The number of carbonyl (C=O) groups excluding carboxylic acids is 2. The van der Waals surface area contributed by atoms with Gasteiger partial charge in [0.1, 0.15) is 22.8 Å². The third-order valence-corrected chi connectivity index (χ3v) is 7.41. The number of benzene rings is 1. The van der Waals surface area contributed by atoms with Gasteiger partial charge in [0.15, 0.2) is 0 Å². The van der Waals surface area contributed by atoms with Crippen molar-refractivity contribution >= 4 is 11.8 Å². The highest BCUT2D eigenvalue weighted by atomic mass is 19.1. The van der Waals surface area contributed by atoms with Crippen LogP contribution in [0.1, 0.15) is 55.6 Å². The van der Waals surface area contributed by atoms with Crippen LogP contribution in [-0.2, 0) is 17.9 Å². The van der Waals surface area contributed by atoms with E-state index in [1.165, 1.54) is 11.0 Å². The Morgan fingerprint density at radius 3 is 2.53 bits per heavy atom. The molecule has 0 bridgehead atoms. The summed E-state index contributed by atoms with van der Waals surface area (Å²) < 4.78 is 22.0. The van der Waals surface area contributed by atoms with E-state index in [1.807, 2.05) is 16.7 Å². The lowest BCUT2D eigenvalue weighted by Gasteiger charge is -2.45. The van der Waals surface area contributed by atoms with Gasteiger partial charge in [-0.2, -0.15) is 0 Å². The van der Waals surface area contributed by atoms with Crippen molar-refractivity contribution in [2.24, 2.45) is 5.92 Å². The summed E-state index contributed by atoms with van der Waals surface area (Å²) in [6.07, 6.45) is 5.58. The van der Waals surface area contributed by atoms with Crippen LogP contribution in [0.5, 0.6) is 0 Å². The summed E-state index contributed by atoms with van der Waals surface area (Å²) in [6, 6.07) is 13.7. The van der Waals surface area contributed by atoms with E-state index < -0.39 is 11.4 Å². The molecule has 6 nitrogen and oxygen atoms in total. The summed E-state index contributed by atoms with van der Waals surface area (Å²) in [5.41, 5.74) is 0.382. The van der Waals surface area contributed by atoms with Gasteiger partial charge in [-0.1, -0.05) is 25.1 Å². The Hall–Kier alpha value is -3.35. The van der Waals surface area contributed by atoms with E-state index in [-0.39, 0.29) is 30.9 Å². The Bertz CT molecular complexity index is 1190. The van der Waals surface area contributed by atoms with Crippen molar-refractivity contribution in [3.05, 3.63) is 71.9 Å². The highest BCUT2D eigenvalue weighted by Gasteiger charge is 2.48. The monoisotopic (exact) mass is 463 g/mol. The van der Waals surface area contributed by atoms with Gasteiger partial charge in [0.25, 0.3) is 5.91 Å². The molecule has 3 aromatic rings. The van der Waals surface area contributed by atoms with Gasteiger partial charge in [-0.25, -0.2) is 4.39 Å². The summed E-state index contributed by atoms with van der Waals surface area (Å²) >= 11 is 0. The SMILES string of the molecule is CC1CCC(NC(=O)[C@@]2(C)Cn3c(ccc3-c3ccco3)C(=O)N2Cc2ccccc2F)CC1. The lowest BCUT2D eigenvalue weighted by Crippen LogP contribution is -2.64. The average Bonchev–Trinajstić information content (AvgIpc) is 3.49. The van der Waals surface area contributed by atoms with Gasteiger partial charge >= 0.3 is 0 Å². The van der Waals surface area contributed by atoms with Crippen LogP contribution in [0.3, 0.4) is 0 Å². The van der Waals surface area contributed by atoms with Crippen LogP contribution in [0.2, 0.25) is 0 Å². The largest absolute Gasteiger partial charge is 0.463 e. The van der Waals surface area contributed by atoms with Crippen LogP contribution >= 0.6 is 0 Å². The molecule has 3 heterocycles. The van der Waals surface area contributed by atoms with E-state index in [0.717, 1.165) is 31.4 Å². The Labute approximate surface area is 198 Å². The van der Waals surface area contributed by atoms with Crippen LogP contribution in [-0.4, -0.2) is 32.9 Å². The molecule has 2 aromatic heterocycles. The average molecular weight is 464 g/mol. The van der Waals surface area contributed by atoms with Crippen molar-refractivity contribution < 1.29 is 18.4 Å². The first-order valence-electron chi connectivity index (χ1n) is 12.0. The standard InChI is InChI=1S/C27H30FN3O3/c1-18-9-11-20(12-10-18)29-26(33)27(2)17-30-22(24-8-5-15-34-24)13-14-23(30)25(32)31(27)16-19-6-3-4-7-21(19)28/h3-8,13-15,18,20H,9-12,16-17H2,1-2H3,(H,29,33)/t18?,20?,27-/m1/s1. The zero-order chi connectivity index (χ0) is 23.9. The van der Waals surface area contributed by atoms with Crippen molar-refractivity contribution in [2.45, 2.75) is 64.2 Å². The molecule has 178 valence electrons. The van der Waals surface area contributed by atoms with Gasteiger partial charge in [-0.3, -0.25) is 9.59 Å². The summed E-state index contributed by atoms with van der Waals surface area (Å²) in [6.45, 7) is 4.28. The molecule has 2 aliphatic rings. The Balaban J connectivity index is 1.52. The third kappa shape index (κ3) is 3.93. The fourth-order valence-electron chi connectivity index (χ4n) is 5.20. The van der Waals surface area contributed by atoms with Crippen LogP contribution in [0, 0.1) is 11.7 Å². The van der Waals surface area contributed by atoms with Gasteiger partial charge in [-0.05, 0) is 68.9 Å². The molecule has 0 unspecified atom stereocenters. The number of nitrogens with zero attached hydrogens (tertiary/aromatic N) is 2. The molecular formula is C27H30FN3O3. The number of fused-ring (bicyclic) bond motifs is 1. The minimum Gasteiger partial charge on any atom is -0.463 e. The first-order valence-corrected chi connectivity index (χ1v) is 12.0. The summed E-state index contributed by atoms with van der Waals surface area (Å²) in [4.78, 5) is 29.1. The van der Waals surface area contributed by atoms with Crippen molar-refractivity contribution in [1.29, 1.82) is 0 Å². The van der Waals surface area contributed by atoms with E-state index in [2.05, 4.69) is 12.2 Å². The number of halogens is 1. The summed E-state index contributed by atoms with van der Waals surface area (Å²) in [7, 11) is 0. The minimum absolute atomic E-state index is 0.0123. The smallest absolute Gasteiger partial charge is 0.271 e. The molecule has 1 saturated carbocycles. The molecule has 1 atom stereocenters. The molecule has 5 rings (SSSR count). The predicted octanol–water partition coefficient (Wildman–Crippen LogP) is 5.00. The first kappa shape index (κ1) is 22.4. The molecule has 7 heteroatoms. The van der Waals surface area contributed by atoms with Crippen LogP contribution in [0.25, 0.3) is 11.5 Å². The molecule has 0 saturated heterocycles. The second-order valence-corrected chi connectivity index (χ2v) is 9.85. The predicted molar refractivity (Wildman–Crippen MR) is 126 cm³/mol. The zero-order valence-electron chi connectivity index (χ0n) is 19.6. The van der Waals surface area contributed by atoms with Crippen molar-refractivity contribution in [1.82, 2.24) is 14.8 Å². The van der Waals surface area contributed by atoms with E-state index in [0.29, 0.717) is 22.9 Å². The number of hydrogen-bond donors (Lipinski definition) is 1. The molecule has 0 spiro atoms. The lowest BCUT2D eigenvalue weighted by molar-refractivity contribution is -0.134. The number of aromatic nitrogens is 1. The maximum absolute atomic E-state index is 14.6. The number of rotatable bonds is 5. The minimum atomic E-state index is -1.20. The Kier molecular flexibility index (Phi) is 5.80. The van der Waals surface area contributed by atoms with E-state index in [1.54, 1.807) is 43.5 Å². The third-order valence-electron chi connectivity index (χ3n) is 7.41. The maximum atomic E-state index is 14.6. The fourth-order valence-corrected chi connectivity index (χ4v) is 5.20. The molecule has 1 N–H and O–H groups in total. The van der Waals surface area contributed by atoms with Gasteiger partial charge < -0.3 is 19.2 Å². The summed E-state index contributed by atoms with van der Waals surface area (Å²) in [5.74, 6) is 0.390. The van der Waals surface area contributed by atoms with Gasteiger partial charge in [0.05, 0.1) is 25.0 Å². The molecule has 1 aromatic carbocycles. The molecule has 2 amide bonds. The quantitative estimate of drug-likeness (QED) is 0.579. The number of amides is 2. The maximum Gasteiger partial charge on any atom is 0.271 e. The van der Waals surface area contributed by atoms with E-state index >= 15 is 0 Å². The van der Waals surface area contributed by atoms with Crippen molar-refractivity contribution in [2.75, 3.05) is 0 Å². The molecule has 1 aliphatic carbocycles. The Morgan fingerprint density at radius 2 is 1.82 bits per heavy atom. The molecular weight excluding hydrogens is 433 g/mol. The van der Waals surface area contributed by atoms with Gasteiger partial charge in [-0.15, -0.1) is 0 Å². The normalized spacial score (nSPS) is 24.7. The van der Waals surface area contributed by atoms with Crippen LogP contribution < -0.4 is 5.32 Å². The van der Waals surface area contributed by atoms with Crippen LogP contribution in [0.4, 0.5) is 4.39 Å². The van der Waals surface area contributed by atoms with Crippen molar-refractivity contribution in [3.8, 4) is 11.5 Å². The summed E-state index contributed by atoms with van der Waals surface area (Å²) in [5, 5.41) is 3.21. The topological polar surface area (TPSA) is 67.5 Å².